The molecule has 0 saturated carbocycles. The molecule has 0 bridgehead atoms. The van der Waals surface area contributed by atoms with E-state index in [9.17, 15) is 22.4 Å². The number of piperidine rings is 1. The van der Waals surface area contributed by atoms with E-state index in [4.69, 9.17) is 20.9 Å². The Morgan fingerprint density at radius 1 is 1.07 bits per heavy atom. The van der Waals surface area contributed by atoms with Crippen LogP contribution in [0, 0.1) is 11.7 Å². The number of nitrogens with one attached hydrogen (secondary N) is 1. The lowest BCUT2D eigenvalue weighted by molar-refractivity contribution is 0.167. The van der Waals surface area contributed by atoms with Crippen LogP contribution < -0.4 is 25.8 Å². The number of hydrogen-bond donors (Lipinski definition) is 2. The van der Waals surface area contributed by atoms with E-state index in [2.05, 4.69) is 10.2 Å². The number of ether oxygens (including phenoxy) is 1. The minimum atomic E-state index is -3.67. The molecule has 12 heteroatoms. The van der Waals surface area contributed by atoms with Gasteiger partial charge in [-0.15, -0.1) is 0 Å². The Bertz CT molecular complexity index is 1480. The molecule has 216 valence electrons. The molecule has 0 spiro atoms. The van der Waals surface area contributed by atoms with Gasteiger partial charge in [-0.2, -0.15) is 8.42 Å². The summed E-state index contributed by atoms with van der Waals surface area (Å²) < 4.78 is 44.6. The lowest BCUT2D eigenvalue weighted by atomic mass is 9.94. The van der Waals surface area contributed by atoms with Gasteiger partial charge in [0.1, 0.15) is 22.9 Å². The van der Waals surface area contributed by atoms with Crippen LogP contribution in [0.1, 0.15) is 24.8 Å². The first-order chi connectivity index (χ1) is 19.0. The van der Waals surface area contributed by atoms with Crippen molar-refractivity contribution in [2.75, 3.05) is 55.8 Å². The van der Waals surface area contributed by atoms with Crippen molar-refractivity contribution in [1.82, 2.24) is 4.90 Å². The molecule has 5 rings (SSSR count). The van der Waals surface area contributed by atoms with Crippen LogP contribution in [-0.4, -0.2) is 63.5 Å². The lowest BCUT2D eigenvalue weighted by Crippen LogP contribution is -2.42. The summed E-state index contributed by atoms with van der Waals surface area (Å²) in [6.45, 7) is 4.74. The molecule has 1 saturated heterocycles. The maximum absolute atomic E-state index is 13.0. The Morgan fingerprint density at radius 2 is 1.75 bits per heavy atom. The van der Waals surface area contributed by atoms with E-state index in [1.807, 2.05) is 23.1 Å². The molecule has 3 aromatic carbocycles. The van der Waals surface area contributed by atoms with Crippen molar-refractivity contribution in [3.8, 4) is 5.75 Å². The van der Waals surface area contributed by atoms with Crippen LogP contribution >= 0.6 is 11.6 Å². The van der Waals surface area contributed by atoms with Crippen molar-refractivity contribution in [3.63, 3.8) is 0 Å². The average molecular weight is 594 g/mol. The molecule has 1 fully saturated rings. The summed E-state index contributed by atoms with van der Waals surface area (Å²) in [7, 11) is -3.67. The van der Waals surface area contributed by atoms with Crippen molar-refractivity contribution in [3.05, 3.63) is 79.3 Å². The lowest BCUT2D eigenvalue weighted by Gasteiger charge is -2.32. The number of hydrogen-bond acceptors (Lipinski definition) is 8. The number of anilines is 3. The number of fused-ring (bicyclic) bond motifs is 1. The molecular weight excluding hydrogens is 561 g/mol. The second-order valence-electron chi connectivity index (χ2n) is 10.1. The Labute approximate surface area is 238 Å². The molecule has 0 atom stereocenters. The summed E-state index contributed by atoms with van der Waals surface area (Å²) in [6, 6.07) is 11.8. The van der Waals surface area contributed by atoms with E-state index < -0.39 is 21.0 Å². The van der Waals surface area contributed by atoms with Gasteiger partial charge >= 0.3 is 0 Å². The number of halogens is 2. The largest absolute Gasteiger partial charge is 0.494 e. The Balaban J connectivity index is 0.000000681. The fourth-order valence-electron chi connectivity index (χ4n) is 5.10. The van der Waals surface area contributed by atoms with Crippen molar-refractivity contribution < 1.29 is 22.1 Å². The molecule has 2 heterocycles. The molecule has 2 N–H and O–H groups in total. The van der Waals surface area contributed by atoms with Crippen LogP contribution in [0.3, 0.4) is 0 Å². The summed E-state index contributed by atoms with van der Waals surface area (Å²) >= 11 is 6.16. The van der Waals surface area contributed by atoms with Crippen molar-refractivity contribution in [2.45, 2.75) is 25.7 Å². The zero-order chi connectivity index (χ0) is 28.9. The second kappa shape index (κ2) is 13.1. The van der Waals surface area contributed by atoms with Gasteiger partial charge in [-0.25, -0.2) is 4.39 Å². The zero-order valence-corrected chi connectivity index (χ0v) is 23.8. The van der Waals surface area contributed by atoms with E-state index in [-0.39, 0.29) is 5.82 Å². The highest BCUT2D eigenvalue weighted by Crippen LogP contribution is 2.37. The van der Waals surface area contributed by atoms with Gasteiger partial charge in [-0.05, 0) is 86.7 Å². The van der Waals surface area contributed by atoms with E-state index in [1.54, 1.807) is 12.1 Å². The van der Waals surface area contributed by atoms with Crippen LogP contribution in [-0.2, 0) is 16.5 Å². The van der Waals surface area contributed by atoms with Gasteiger partial charge in [0, 0.05) is 30.3 Å². The third-order valence-corrected chi connectivity index (χ3v) is 7.38. The molecule has 0 radical (unpaired) electrons. The van der Waals surface area contributed by atoms with E-state index in [1.165, 1.54) is 12.1 Å². The first-order valence-corrected chi connectivity index (χ1v) is 15.4. The van der Waals surface area contributed by atoms with Crippen molar-refractivity contribution in [1.29, 1.82) is 0 Å². The molecule has 3 aromatic rings. The van der Waals surface area contributed by atoms with E-state index in [0.717, 1.165) is 56.6 Å². The maximum atomic E-state index is 13.0. The Hall–Kier alpha value is -2.99. The fourth-order valence-corrected chi connectivity index (χ4v) is 5.26. The van der Waals surface area contributed by atoms with Gasteiger partial charge in [-0.1, -0.05) is 17.7 Å². The summed E-state index contributed by atoms with van der Waals surface area (Å²) in [5, 5.41) is 3.85. The molecular formula is C28H33ClFN3O6S. The van der Waals surface area contributed by atoms with Crippen LogP contribution in [0.4, 0.5) is 21.5 Å². The summed E-state index contributed by atoms with van der Waals surface area (Å²) in [4.78, 5) is 29.0. The number of likely N-dealkylation sites (tertiary alicyclic amines) is 1. The Kier molecular flexibility index (Phi) is 9.83. The number of benzene rings is 2. The third kappa shape index (κ3) is 8.03. The van der Waals surface area contributed by atoms with Crippen LogP contribution in [0.15, 0.2) is 52.1 Å². The Morgan fingerprint density at radius 3 is 2.42 bits per heavy atom. The fraction of sp³-hybridized carbons (Fsp3) is 0.429. The minimum absolute atomic E-state index is 0.258. The van der Waals surface area contributed by atoms with Crippen LogP contribution in [0.25, 0.3) is 0 Å². The van der Waals surface area contributed by atoms with Gasteiger partial charge in [0.2, 0.25) is 0 Å². The number of nitrogens with zero attached hydrogens (tertiary/aromatic N) is 2. The van der Waals surface area contributed by atoms with Crippen molar-refractivity contribution in [2.24, 2.45) is 5.92 Å². The normalized spacial score (nSPS) is 15.9. The predicted molar refractivity (Wildman–Crippen MR) is 155 cm³/mol. The topological polar surface area (TPSA) is 116 Å². The highest BCUT2D eigenvalue weighted by Gasteiger charge is 2.31. The molecule has 2 aliphatic heterocycles. The number of rotatable bonds is 9. The molecule has 0 aliphatic carbocycles. The van der Waals surface area contributed by atoms with E-state index >= 15 is 0 Å². The zero-order valence-electron chi connectivity index (χ0n) is 22.2. The van der Waals surface area contributed by atoms with Gasteiger partial charge in [-0.3, -0.25) is 14.1 Å². The van der Waals surface area contributed by atoms with Crippen LogP contribution in [0.2, 0.25) is 5.02 Å². The first-order valence-electron chi connectivity index (χ1n) is 13.2. The SMILES string of the molecule is CS(=O)(=O)O.O=c1c(NCCN2CCC(CCOc3ccc(F)cc3)CC2)c(N2CCc3ccc(Cl)cc32)c1=O. The standard InChI is InChI=1S/C27H29ClFN3O3.CH4O3S/c28-20-2-1-19-9-14-32(23(19)17-20)25-24(26(33)27(25)34)30-11-15-31-12-7-18(8-13-31)10-16-35-22-5-3-21(29)4-6-22;1-5(2,3)4/h1-6,17-18,30H,7-16H2;1H3,(H,2,3,4). The molecule has 2 aliphatic rings. The summed E-state index contributed by atoms with van der Waals surface area (Å²) in [6.07, 6.45) is 4.73. The monoisotopic (exact) mass is 593 g/mol. The highest BCUT2D eigenvalue weighted by molar-refractivity contribution is 7.85. The van der Waals surface area contributed by atoms with E-state index in [0.29, 0.717) is 54.0 Å². The first kappa shape index (κ1) is 30.0. The van der Waals surface area contributed by atoms with Crippen molar-refractivity contribution >= 4 is 38.8 Å². The average Bonchev–Trinajstić information content (AvgIpc) is 3.31. The predicted octanol–water partition coefficient (Wildman–Crippen LogP) is 3.87. The summed E-state index contributed by atoms with van der Waals surface area (Å²) in [5.74, 6) is 1.06. The molecule has 0 aromatic heterocycles. The maximum Gasteiger partial charge on any atom is 0.261 e. The smallest absolute Gasteiger partial charge is 0.261 e. The van der Waals surface area contributed by atoms with Gasteiger partial charge in [0.15, 0.2) is 0 Å². The molecule has 9 nitrogen and oxygen atoms in total. The molecule has 0 unspecified atom stereocenters. The second-order valence-corrected chi connectivity index (χ2v) is 12.0. The van der Waals surface area contributed by atoms with Gasteiger partial charge in [0.05, 0.1) is 12.9 Å². The summed E-state index contributed by atoms with van der Waals surface area (Å²) in [5.41, 5.74) is 2.09. The quantitative estimate of drug-likeness (QED) is 0.282. The van der Waals surface area contributed by atoms with Crippen LogP contribution in [0.5, 0.6) is 5.75 Å². The van der Waals surface area contributed by atoms with Gasteiger partial charge < -0.3 is 19.9 Å². The molecule has 0 amide bonds. The highest BCUT2D eigenvalue weighted by atomic mass is 35.5. The van der Waals surface area contributed by atoms with Gasteiger partial charge in [0.25, 0.3) is 21.0 Å². The third-order valence-electron chi connectivity index (χ3n) is 7.14. The minimum Gasteiger partial charge on any atom is -0.494 e. The molecule has 40 heavy (non-hydrogen) atoms.